The Kier molecular flexibility index (Phi) is 5.97. The van der Waals surface area contributed by atoms with Crippen molar-refractivity contribution < 1.29 is 4.79 Å². The fourth-order valence-electron chi connectivity index (χ4n) is 1.95. The number of carbonyl (C=O) groups excluding carboxylic acids is 1. The lowest BCUT2D eigenvalue weighted by atomic mass is 9.93. The Morgan fingerprint density at radius 3 is 2.63 bits per heavy atom. The molecule has 0 aliphatic rings. The Morgan fingerprint density at radius 2 is 2.11 bits per heavy atom. The van der Waals surface area contributed by atoms with Crippen molar-refractivity contribution >= 4 is 17.2 Å². The first-order valence-electron chi connectivity index (χ1n) is 6.48. The highest BCUT2D eigenvalue weighted by Gasteiger charge is 2.20. The quantitative estimate of drug-likeness (QED) is 0.827. The van der Waals surface area contributed by atoms with E-state index in [0.29, 0.717) is 19.6 Å². The smallest absolute Gasteiger partial charge is 0.236 e. The van der Waals surface area contributed by atoms with Crippen molar-refractivity contribution in [1.82, 2.24) is 9.80 Å². The van der Waals surface area contributed by atoms with Crippen molar-refractivity contribution in [3.63, 3.8) is 0 Å². The number of likely N-dealkylation sites (N-methyl/N-ethyl adjacent to an activating group) is 2. The van der Waals surface area contributed by atoms with E-state index < -0.39 is 0 Å². The highest BCUT2D eigenvalue weighted by molar-refractivity contribution is 7.07. The molecule has 1 aromatic rings. The lowest BCUT2D eigenvalue weighted by molar-refractivity contribution is -0.131. The fourth-order valence-corrected chi connectivity index (χ4v) is 2.61. The first-order chi connectivity index (χ1) is 8.84. The van der Waals surface area contributed by atoms with E-state index in [1.807, 2.05) is 24.4 Å². The van der Waals surface area contributed by atoms with E-state index in [1.165, 1.54) is 5.56 Å². The normalized spacial score (nSPS) is 11.9. The summed E-state index contributed by atoms with van der Waals surface area (Å²) in [6.07, 6.45) is 0. The van der Waals surface area contributed by atoms with Crippen molar-refractivity contribution in [1.29, 1.82) is 0 Å². The molecule has 1 heterocycles. The maximum Gasteiger partial charge on any atom is 0.236 e. The van der Waals surface area contributed by atoms with Crippen LogP contribution in [-0.4, -0.2) is 49.4 Å². The Balaban J connectivity index is 2.41. The van der Waals surface area contributed by atoms with Gasteiger partial charge in [-0.3, -0.25) is 9.69 Å². The van der Waals surface area contributed by atoms with Crippen LogP contribution in [0.5, 0.6) is 0 Å². The summed E-state index contributed by atoms with van der Waals surface area (Å²) in [5, 5.41) is 4.11. The Morgan fingerprint density at radius 1 is 1.42 bits per heavy atom. The van der Waals surface area contributed by atoms with E-state index in [-0.39, 0.29) is 11.3 Å². The minimum atomic E-state index is 0.0426. The highest BCUT2D eigenvalue weighted by atomic mass is 32.1. The molecule has 0 fully saturated rings. The minimum absolute atomic E-state index is 0.0426. The third kappa shape index (κ3) is 5.72. The zero-order valence-electron chi connectivity index (χ0n) is 12.3. The van der Waals surface area contributed by atoms with Crippen LogP contribution in [0.4, 0.5) is 0 Å². The largest absolute Gasteiger partial charge is 0.340 e. The first-order valence-corrected chi connectivity index (χ1v) is 7.42. The van der Waals surface area contributed by atoms with Crippen LogP contribution < -0.4 is 5.73 Å². The van der Waals surface area contributed by atoms with Gasteiger partial charge in [-0.15, -0.1) is 0 Å². The predicted molar refractivity (Wildman–Crippen MR) is 81.1 cm³/mol. The van der Waals surface area contributed by atoms with Crippen molar-refractivity contribution in [3.8, 4) is 0 Å². The maximum atomic E-state index is 12.1. The number of thiophene rings is 1. The van der Waals surface area contributed by atoms with Crippen LogP contribution in [-0.2, 0) is 11.3 Å². The average molecular weight is 283 g/mol. The molecule has 108 valence electrons. The van der Waals surface area contributed by atoms with Gasteiger partial charge in [0.1, 0.15) is 0 Å². The summed E-state index contributed by atoms with van der Waals surface area (Å²) in [5.74, 6) is 0.140. The van der Waals surface area contributed by atoms with Crippen molar-refractivity contribution in [2.75, 3.05) is 33.7 Å². The zero-order chi connectivity index (χ0) is 14.5. The van der Waals surface area contributed by atoms with Gasteiger partial charge < -0.3 is 10.6 Å². The van der Waals surface area contributed by atoms with Crippen molar-refractivity contribution in [2.45, 2.75) is 20.4 Å². The molecule has 0 aliphatic carbocycles. The average Bonchev–Trinajstić information content (AvgIpc) is 2.80. The number of nitrogens with zero attached hydrogens (tertiary/aromatic N) is 2. The summed E-state index contributed by atoms with van der Waals surface area (Å²) in [6, 6.07) is 2.05. The van der Waals surface area contributed by atoms with Gasteiger partial charge >= 0.3 is 0 Å². The highest BCUT2D eigenvalue weighted by Crippen LogP contribution is 2.14. The number of hydrogen-bond donors (Lipinski definition) is 1. The Labute approximate surface area is 120 Å². The zero-order valence-corrected chi connectivity index (χ0v) is 13.2. The molecule has 19 heavy (non-hydrogen) atoms. The summed E-state index contributed by atoms with van der Waals surface area (Å²) in [4.78, 5) is 15.9. The fraction of sp³-hybridized carbons (Fsp3) is 0.643. The summed E-state index contributed by atoms with van der Waals surface area (Å²) in [7, 11) is 3.82. The molecule has 0 aliphatic heterocycles. The Bertz CT molecular complexity index is 389. The molecule has 1 amide bonds. The molecule has 0 radical (unpaired) electrons. The van der Waals surface area contributed by atoms with E-state index in [9.17, 15) is 4.79 Å². The van der Waals surface area contributed by atoms with Crippen LogP contribution in [0.15, 0.2) is 16.8 Å². The van der Waals surface area contributed by atoms with Gasteiger partial charge in [0, 0.05) is 20.1 Å². The van der Waals surface area contributed by atoms with E-state index in [1.54, 1.807) is 16.2 Å². The molecule has 1 rings (SSSR count). The van der Waals surface area contributed by atoms with E-state index in [2.05, 4.69) is 25.3 Å². The number of nitrogens with two attached hydrogens (primary N) is 1. The number of rotatable bonds is 7. The van der Waals surface area contributed by atoms with Gasteiger partial charge in [-0.1, -0.05) is 13.8 Å². The van der Waals surface area contributed by atoms with Crippen molar-refractivity contribution in [2.24, 2.45) is 11.1 Å². The van der Waals surface area contributed by atoms with Gasteiger partial charge in [-0.05, 0) is 41.4 Å². The van der Waals surface area contributed by atoms with Gasteiger partial charge in [0.2, 0.25) is 5.91 Å². The van der Waals surface area contributed by atoms with Gasteiger partial charge in [0.25, 0.3) is 0 Å². The molecular formula is C14H25N3OS. The maximum absolute atomic E-state index is 12.1. The molecule has 4 nitrogen and oxygen atoms in total. The monoisotopic (exact) mass is 283 g/mol. The van der Waals surface area contributed by atoms with Crippen LogP contribution in [0, 0.1) is 5.41 Å². The molecule has 0 atom stereocenters. The third-order valence-corrected chi connectivity index (χ3v) is 3.81. The van der Waals surface area contributed by atoms with Crippen molar-refractivity contribution in [3.05, 3.63) is 22.4 Å². The minimum Gasteiger partial charge on any atom is -0.340 e. The SMILES string of the molecule is CN(CC(=O)N(C)Cc1ccsc1)CC(C)(C)CN. The molecule has 0 saturated carbocycles. The first kappa shape index (κ1) is 16.1. The molecule has 1 aromatic heterocycles. The number of carbonyl (C=O) groups is 1. The van der Waals surface area contributed by atoms with Crippen LogP contribution in [0.3, 0.4) is 0 Å². The molecule has 2 N–H and O–H groups in total. The molecule has 0 bridgehead atoms. The van der Waals surface area contributed by atoms with E-state index >= 15 is 0 Å². The molecule has 0 aromatic carbocycles. The topological polar surface area (TPSA) is 49.6 Å². The predicted octanol–water partition coefficient (Wildman–Crippen LogP) is 1.62. The summed E-state index contributed by atoms with van der Waals surface area (Å²) in [6.45, 7) is 6.78. The van der Waals surface area contributed by atoms with Crippen LogP contribution in [0.2, 0.25) is 0 Å². The number of hydrogen-bond acceptors (Lipinski definition) is 4. The molecule has 0 unspecified atom stereocenters. The standard InChI is InChI=1S/C14H25N3OS/c1-14(2,10-15)11-16(3)8-13(18)17(4)7-12-5-6-19-9-12/h5-6,9H,7-8,10-11,15H2,1-4H3. The lowest BCUT2D eigenvalue weighted by Crippen LogP contribution is -2.42. The number of amides is 1. The van der Waals surface area contributed by atoms with Gasteiger partial charge in [0.05, 0.1) is 6.54 Å². The lowest BCUT2D eigenvalue weighted by Gasteiger charge is -2.29. The molecule has 0 saturated heterocycles. The van der Waals surface area contributed by atoms with Gasteiger partial charge in [-0.25, -0.2) is 0 Å². The summed E-state index contributed by atoms with van der Waals surface area (Å²) in [5.41, 5.74) is 6.94. The second-order valence-electron chi connectivity index (χ2n) is 5.92. The summed E-state index contributed by atoms with van der Waals surface area (Å²) < 4.78 is 0. The third-order valence-electron chi connectivity index (χ3n) is 3.08. The second-order valence-corrected chi connectivity index (χ2v) is 6.70. The molecular weight excluding hydrogens is 258 g/mol. The van der Waals surface area contributed by atoms with Gasteiger partial charge in [-0.2, -0.15) is 11.3 Å². The summed E-state index contributed by atoms with van der Waals surface area (Å²) >= 11 is 1.66. The van der Waals surface area contributed by atoms with Crippen LogP contribution in [0.1, 0.15) is 19.4 Å². The molecule has 0 spiro atoms. The van der Waals surface area contributed by atoms with Gasteiger partial charge in [0.15, 0.2) is 0 Å². The second kappa shape index (κ2) is 7.03. The molecule has 5 heteroatoms. The van der Waals surface area contributed by atoms with Crippen LogP contribution >= 0.6 is 11.3 Å². The van der Waals surface area contributed by atoms with E-state index in [0.717, 1.165) is 6.54 Å². The Hall–Kier alpha value is -0.910. The van der Waals surface area contributed by atoms with E-state index in [4.69, 9.17) is 5.73 Å². The van der Waals surface area contributed by atoms with Crippen LogP contribution in [0.25, 0.3) is 0 Å².